The molecule has 1 unspecified atom stereocenters. The number of carbonyl (C=O) groups excluding carboxylic acids is 1. The van der Waals surface area contributed by atoms with Gasteiger partial charge in [-0.05, 0) is 24.6 Å². The van der Waals surface area contributed by atoms with Crippen molar-refractivity contribution in [2.75, 3.05) is 19.4 Å². The number of hydrogen-bond donors (Lipinski definition) is 3. The molecule has 0 bridgehead atoms. The summed E-state index contributed by atoms with van der Waals surface area (Å²) in [5, 5.41) is 11.7. The maximum Gasteiger partial charge on any atom is 0.251 e. The second-order valence-electron chi connectivity index (χ2n) is 3.77. The van der Waals surface area contributed by atoms with E-state index >= 15 is 0 Å². The average Bonchev–Trinajstić information content (AvgIpc) is 2.31. The van der Waals surface area contributed by atoms with E-state index in [2.05, 4.69) is 5.32 Å². The average molecular weight is 254 g/mol. The molecule has 1 aromatic rings. The van der Waals surface area contributed by atoms with E-state index in [1.807, 2.05) is 6.92 Å². The molecule has 1 rings (SSSR count). The summed E-state index contributed by atoms with van der Waals surface area (Å²) in [6.45, 7) is 2.18. The van der Waals surface area contributed by atoms with E-state index in [0.29, 0.717) is 17.7 Å². The van der Waals surface area contributed by atoms with Crippen molar-refractivity contribution in [1.82, 2.24) is 5.32 Å². The molecule has 1 amide bonds. The van der Waals surface area contributed by atoms with Crippen molar-refractivity contribution in [2.24, 2.45) is 0 Å². The summed E-state index contributed by atoms with van der Waals surface area (Å²) < 4.78 is 0. The van der Waals surface area contributed by atoms with Gasteiger partial charge in [0.2, 0.25) is 0 Å². The highest BCUT2D eigenvalue weighted by molar-refractivity contribution is 8.00. The van der Waals surface area contributed by atoms with Crippen molar-refractivity contribution >= 4 is 23.4 Å². The second-order valence-corrected chi connectivity index (χ2v) is 5.25. The zero-order valence-electron chi connectivity index (χ0n) is 10.1. The van der Waals surface area contributed by atoms with Crippen LogP contribution >= 0.6 is 11.8 Å². The molecule has 0 saturated carbocycles. The fraction of sp³-hybridized carbons (Fsp3) is 0.417. The van der Waals surface area contributed by atoms with Gasteiger partial charge < -0.3 is 16.2 Å². The molecule has 0 spiro atoms. The molecule has 4 nitrogen and oxygen atoms in total. The van der Waals surface area contributed by atoms with E-state index in [1.165, 1.54) is 0 Å². The summed E-state index contributed by atoms with van der Waals surface area (Å²) in [6, 6.07) is 5.22. The zero-order chi connectivity index (χ0) is 12.8. The van der Waals surface area contributed by atoms with E-state index in [0.717, 1.165) is 4.90 Å². The van der Waals surface area contributed by atoms with Gasteiger partial charge in [-0.15, -0.1) is 11.8 Å². The Kier molecular flexibility index (Phi) is 5.31. The topological polar surface area (TPSA) is 75.4 Å². The van der Waals surface area contributed by atoms with Crippen LogP contribution < -0.4 is 11.1 Å². The van der Waals surface area contributed by atoms with Gasteiger partial charge >= 0.3 is 0 Å². The molecule has 0 fully saturated rings. The molecule has 0 aliphatic heterocycles. The Bertz CT molecular complexity index is 396. The number of nitrogens with one attached hydrogen (secondary N) is 1. The third-order valence-electron chi connectivity index (χ3n) is 2.37. The van der Waals surface area contributed by atoms with Gasteiger partial charge in [0, 0.05) is 35.1 Å². The molecule has 1 aromatic carbocycles. The number of benzene rings is 1. The first-order valence-corrected chi connectivity index (χ1v) is 6.35. The standard InChI is InChI=1S/C12H18N2O2S/c1-8(5-6-15)17-11-7-9(12(16)14-2)3-4-10(11)13/h3-4,7-8,15H,5-6,13H2,1-2H3,(H,14,16). The van der Waals surface area contributed by atoms with Gasteiger partial charge in [-0.2, -0.15) is 0 Å². The van der Waals surface area contributed by atoms with Crippen molar-refractivity contribution in [2.45, 2.75) is 23.5 Å². The van der Waals surface area contributed by atoms with Crippen LogP contribution in [-0.4, -0.2) is 29.9 Å². The van der Waals surface area contributed by atoms with Crippen molar-refractivity contribution < 1.29 is 9.90 Å². The Morgan fingerprint density at radius 3 is 2.88 bits per heavy atom. The maximum absolute atomic E-state index is 11.5. The van der Waals surface area contributed by atoms with Crippen LogP contribution in [0, 0.1) is 0 Å². The van der Waals surface area contributed by atoms with Gasteiger partial charge in [-0.25, -0.2) is 0 Å². The van der Waals surface area contributed by atoms with Crippen LogP contribution in [0.15, 0.2) is 23.1 Å². The van der Waals surface area contributed by atoms with Gasteiger partial charge in [0.1, 0.15) is 0 Å². The van der Waals surface area contributed by atoms with Crippen LogP contribution in [0.3, 0.4) is 0 Å². The predicted octanol–water partition coefficient (Wildman–Crippen LogP) is 1.49. The molecule has 0 saturated heterocycles. The summed E-state index contributed by atoms with van der Waals surface area (Å²) in [5.41, 5.74) is 7.12. The fourth-order valence-electron chi connectivity index (χ4n) is 1.38. The van der Waals surface area contributed by atoms with Crippen LogP contribution in [0.5, 0.6) is 0 Å². The highest BCUT2D eigenvalue weighted by Gasteiger charge is 2.10. The van der Waals surface area contributed by atoms with E-state index in [-0.39, 0.29) is 17.8 Å². The Morgan fingerprint density at radius 1 is 1.59 bits per heavy atom. The molecule has 0 heterocycles. The lowest BCUT2D eigenvalue weighted by Gasteiger charge is -2.12. The molecular weight excluding hydrogens is 236 g/mol. The van der Waals surface area contributed by atoms with Crippen LogP contribution in [0.25, 0.3) is 0 Å². The summed E-state index contributed by atoms with van der Waals surface area (Å²) in [5.74, 6) is -0.123. The minimum Gasteiger partial charge on any atom is -0.398 e. The highest BCUT2D eigenvalue weighted by atomic mass is 32.2. The number of anilines is 1. The molecule has 0 aliphatic rings. The molecule has 0 radical (unpaired) electrons. The van der Waals surface area contributed by atoms with Crippen molar-refractivity contribution in [3.05, 3.63) is 23.8 Å². The number of nitrogen functional groups attached to an aromatic ring is 1. The Labute approximate surface area is 106 Å². The smallest absolute Gasteiger partial charge is 0.251 e. The Morgan fingerprint density at radius 2 is 2.29 bits per heavy atom. The first-order chi connectivity index (χ1) is 8.08. The lowest BCUT2D eigenvalue weighted by molar-refractivity contribution is 0.0963. The number of aliphatic hydroxyl groups excluding tert-OH is 1. The van der Waals surface area contributed by atoms with Crippen LogP contribution in [0.2, 0.25) is 0 Å². The number of rotatable bonds is 5. The first kappa shape index (κ1) is 13.9. The number of nitrogens with two attached hydrogens (primary N) is 1. The minimum atomic E-state index is -0.123. The van der Waals surface area contributed by atoms with Gasteiger partial charge in [-0.1, -0.05) is 6.92 Å². The number of carbonyl (C=O) groups is 1. The maximum atomic E-state index is 11.5. The normalized spacial score (nSPS) is 12.2. The van der Waals surface area contributed by atoms with Gasteiger partial charge in [0.05, 0.1) is 0 Å². The SMILES string of the molecule is CNC(=O)c1ccc(N)c(SC(C)CCO)c1. The van der Waals surface area contributed by atoms with E-state index in [9.17, 15) is 4.79 Å². The van der Waals surface area contributed by atoms with E-state index < -0.39 is 0 Å². The monoisotopic (exact) mass is 254 g/mol. The van der Waals surface area contributed by atoms with Crippen molar-refractivity contribution in [1.29, 1.82) is 0 Å². The molecule has 17 heavy (non-hydrogen) atoms. The third-order valence-corrected chi connectivity index (χ3v) is 3.61. The molecule has 0 aromatic heterocycles. The predicted molar refractivity (Wildman–Crippen MR) is 71.3 cm³/mol. The zero-order valence-corrected chi connectivity index (χ0v) is 10.9. The van der Waals surface area contributed by atoms with Gasteiger partial charge in [-0.3, -0.25) is 4.79 Å². The van der Waals surface area contributed by atoms with E-state index in [4.69, 9.17) is 10.8 Å². The molecular formula is C12H18N2O2S. The number of amides is 1. The van der Waals surface area contributed by atoms with Crippen molar-refractivity contribution in [3.63, 3.8) is 0 Å². The summed E-state index contributed by atoms with van der Waals surface area (Å²) in [7, 11) is 1.60. The fourth-order valence-corrected chi connectivity index (χ4v) is 2.44. The quantitative estimate of drug-likeness (QED) is 0.550. The summed E-state index contributed by atoms with van der Waals surface area (Å²) >= 11 is 1.57. The van der Waals surface area contributed by atoms with Crippen LogP contribution in [-0.2, 0) is 0 Å². The Balaban J connectivity index is 2.86. The minimum absolute atomic E-state index is 0.123. The Hall–Kier alpha value is -1.20. The molecule has 4 N–H and O–H groups in total. The first-order valence-electron chi connectivity index (χ1n) is 5.47. The number of thioether (sulfide) groups is 1. The van der Waals surface area contributed by atoms with Gasteiger partial charge in [0.25, 0.3) is 5.91 Å². The number of aliphatic hydroxyl groups is 1. The van der Waals surface area contributed by atoms with Crippen molar-refractivity contribution in [3.8, 4) is 0 Å². The lowest BCUT2D eigenvalue weighted by Crippen LogP contribution is -2.17. The largest absolute Gasteiger partial charge is 0.398 e. The van der Waals surface area contributed by atoms with Crippen LogP contribution in [0.4, 0.5) is 5.69 Å². The van der Waals surface area contributed by atoms with Gasteiger partial charge in [0.15, 0.2) is 0 Å². The second kappa shape index (κ2) is 6.51. The summed E-state index contributed by atoms with van der Waals surface area (Å²) in [4.78, 5) is 12.4. The van der Waals surface area contributed by atoms with E-state index in [1.54, 1.807) is 37.0 Å². The molecule has 0 aliphatic carbocycles. The molecule has 94 valence electrons. The number of hydrogen-bond acceptors (Lipinski definition) is 4. The van der Waals surface area contributed by atoms with Crippen LogP contribution in [0.1, 0.15) is 23.7 Å². The summed E-state index contributed by atoms with van der Waals surface area (Å²) in [6.07, 6.45) is 0.703. The molecule has 1 atom stereocenters. The lowest BCUT2D eigenvalue weighted by atomic mass is 10.2. The highest BCUT2D eigenvalue weighted by Crippen LogP contribution is 2.30. The molecule has 5 heteroatoms. The third kappa shape index (κ3) is 3.94.